The molecule has 4 aliphatic rings. The van der Waals surface area contributed by atoms with E-state index in [4.69, 9.17) is 14.5 Å². The quantitative estimate of drug-likeness (QED) is 0.375. The van der Waals surface area contributed by atoms with Gasteiger partial charge in [-0.2, -0.15) is 0 Å². The molecule has 1 aliphatic carbocycles. The summed E-state index contributed by atoms with van der Waals surface area (Å²) < 4.78 is 11.6. The molecule has 41 heavy (non-hydrogen) atoms. The highest BCUT2D eigenvalue weighted by molar-refractivity contribution is 7.99. The van der Waals surface area contributed by atoms with Crippen molar-refractivity contribution in [3.8, 4) is 11.1 Å². The van der Waals surface area contributed by atoms with E-state index in [0.717, 1.165) is 76.3 Å². The molecule has 1 aromatic heterocycles. The summed E-state index contributed by atoms with van der Waals surface area (Å²) in [5.41, 5.74) is 7.29. The number of pyridine rings is 1. The number of allylic oxidation sites excluding steroid dienone is 1. The van der Waals surface area contributed by atoms with Crippen molar-refractivity contribution in [2.45, 2.75) is 50.2 Å². The van der Waals surface area contributed by atoms with Gasteiger partial charge in [0.05, 0.1) is 32.0 Å². The topological polar surface area (TPSA) is 76.1 Å². The Morgan fingerprint density at radius 1 is 1.02 bits per heavy atom. The van der Waals surface area contributed by atoms with Crippen LogP contribution in [0.2, 0.25) is 0 Å². The predicted molar refractivity (Wildman–Crippen MR) is 162 cm³/mol. The number of aliphatic imine (C=N–C) groups is 1. The highest BCUT2D eigenvalue weighted by Gasteiger charge is 2.31. The average Bonchev–Trinajstić information content (AvgIpc) is 3.24. The molecule has 4 heterocycles. The van der Waals surface area contributed by atoms with E-state index in [0.29, 0.717) is 31.2 Å². The molecule has 8 heteroatoms. The second-order valence-electron chi connectivity index (χ2n) is 11.0. The van der Waals surface area contributed by atoms with Crippen LogP contribution >= 0.6 is 11.8 Å². The van der Waals surface area contributed by atoms with Gasteiger partial charge in [0.25, 0.3) is 5.91 Å². The molecule has 1 fully saturated rings. The minimum atomic E-state index is -0.0971. The molecule has 0 saturated heterocycles. The molecule has 7 rings (SSSR count). The third-order valence-corrected chi connectivity index (χ3v) is 9.42. The Balaban J connectivity index is 1.03. The number of ether oxygens (including phenoxy) is 2. The standard InChI is InChI=1S/C33H34N4O3S/c38-33(25-4-5-26-21-39-16-17-41-31(26)19-25)35-20-27-18-24(12-13-34-27)22-6-8-28(9-7-22)37-14-15-40-30-11-10-29(36-32(30)37)23-2-1-3-23/h4-9,12-13,18-19,23H,1-3,10-11,14-17,20-21H2,(H,35,38). The SMILES string of the molecule is O=C(NCc1cc(-c2ccc(N3CCOC4=C3N=C(C3CCC3)CC4)cc2)ccn1)c1ccc2c(c1)SCCOC2. The van der Waals surface area contributed by atoms with Crippen molar-refractivity contribution in [3.05, 3.63) is 89.2 Å². The number of nitrogens with zero attached hydrogens (tertiary/aromatic N) is 3. The maximum Gasteiger partial charge on any atom is 0.251 e. The number of fused-ring (bicyclic) bond motifs is 1. The second-order valence-corrected chi connectivity index (χ2v) is 12.1. The van der Waals surface area contributed by atoms with Crippen molar-refractivity contribution < 1.29 is 14.3 Å². The van der Waals surface area contributed by atoms with E-state index in [-0.39, 0.29) is 5.91 Å². The molecule has 0 atom stereocenters. The van der Waals surface area contributed by atoms with Gasteiger partial charge >= 0.3 is 0 Å². The molecule has 0 unspecified atom stereocenters. The van der Waals surface area contributed by atoms with Gasteiger partial charge in [0.2, 0.25) is 0 Å². The summed E-state index contributed by atoms with van der Waals surface area (Å²) >= 11 is 1.74. The number of aromatic nitrogens is 1. The number of hydrogen-bond acceptors (Lipinski definition) is 7. The van der Waals surface area contributed by atoms with Crippen LogP contribution in [0.3, 0.4) is 0 Å². The first-order valence-electron chi connectivity index (χ1n) is 14.6. The maximum atomic E-state index is 12.9. The van der Waals surface area contributed by atoms with Gasteiger partial charge in [0, 0.05) is 40.2 Å². The summed E-state index contributed by atoms with van der Waals surface area (Å²) in [5.74, 6) is 3.50. The van der Waals surface area contributed by atoms with Gasteiger partial charge in [-0.15, -0.1) is 11.8 Å². The van der Waals surface area contributed by atoms with Gasteiger partial charge in [0.15, 0.2) is 5.82 Å². The van der Waals surface area contributed by atoms with Crippen LogP contribution in [0.25, 0.3) is 11.1 Å². The molecule has 1 saturated carbocycles. The van der Waals surface area contributed by atoms with E-state index < -0.39 is 0 Å². The van der Waals surface area contributed by atoms with Crippen LogP contribution in [-0.2, 0) is 22.6 Å². The Hall–Kier alpha value is -3.62. The summed E-state index contributed by atoms with van der Waals surface area (Å²) in [6.07, 6.45) is 7.67. The lowest BCUT2D eigenvalue weighted by molar-refractivity contribution is 0.0950. The lowest BCUT2D eigenvalue weighted by Gasteiger charge is -2.36. The smallest absolute Gasteiger partial charge is 0.251 e. The van der Waals surface area contributed by atoms with Crippen molar-refractivity contribution in [3.63, 3.8) is 0 Å². The fraction of sp³-hybridized carbons (Fsp3) is 0.364. The van der Waals surface area contributed by atoms with Crippen molar-refractivity contribution in [2.24, 2.45) is 10.9 Å². The maximum absolute atomic E-state index is 12.9. The molecule has 1 amide bonds. The lowest BCUT2D eigenvalue weighted by atomic mass is 9.79. The van der Waals surface area contributed by atoms with Gasteiger partial charge in [0.1, 0.15) is 12.4 Å². The molecule has 0 spiro atoms. The largest absolute Gasteiger partial charge is 0.492 e. The second kappa shape index (κ2) is 11.7. The number of anilines is 1. The van der Waals surface area contributed by atoms with Crippen molar-refractivity contribution >= 4 is 29.1 Å². The summed E-state index contributed by atoms with van der Waals surface area (Å²) in [5, 5.41) is 3.04. The van der Waals surface area contributed by atoms with Gasteiger partial charge in [-0.25, -0.2) is 4.99 Å². The molecular weight excluding hydrogens is 532 g/mol. The number of hydrogen-bond donors (Lipinski definition) is 1. The van der Waals surface area contributed by atoms with E-state index in [1.807, 2.05) is 36.5 Å². The van der Waals surface area contributed by atoms with Crippen LogP contribution in [0.1, 0.15) is 53.7 Å². The molecular formula is C33H34N4O3S. The predicted octanol–water partition coefficient (Wildman–Crippen LogP) is 6.34. The fourth-order valence-corrected chi connectivity index (χ4v) is 6.76. The van der Waals surface area contributed by atoms with Gasteiger partial charge in [-0.05, 0) is 78.3 Å². The summed E-state index contributed by atoms with van der Waals surface area (Å²) in [6, 6.07) is 18.5. The van der Waals surface area contributed by atoms with Crippen molar-refractivity contribution in [1.82, 2.24) is 10.3 Å². The zero-order valence-electron chi connectivity index (χ0n) is 23.1. The zero-order valence-corrected chi connectivity index (χ0v) is 23.9. The van der Waals surface area contributed by atoms with Crippen molar-refractivity contribution in [1.29, 1.82) is 0 Å². The van der Waals surface area contributed by atoms with Crippen LogP contribution in [0, 0.1) is 5.92 Å². The van der Waals surface area contributed by atoms with Gasteiger partial charge in [-0.1, -0.05) is 24.6 Å². The van der Waals surface area contributed by atoms with Crippen LogP contribution < -0.4 is 10.2 Å². The van der Waals surface area contributed by atoms with Crippen LogP contribution in [0.5, 0.6) is 0 Å². The number of thioether (sulfide) groups is 1. The van der Waals surface area contributed by atoms with Gasteiger partial charge < -0.3 is 19.7 Å². The molecule has 0 radical (unpaired) electrons. The monoisotopic (exact) mass is 566 g/mol. The van der Waals surface area contributed by atoms with Crippen LogP contribution in [-0.4, -0.2) is 42.1 Å². The fourth-order valence-electron chi connectivity index (χ4n) is 5.81. The number of rotatable bonds is 6. The molecule has 3 aliphatic heterocycles. The Kier molecular flexibility index (Phi) is 7.50. The molecule has 0 bridgehead atoms. The average molecular weight is 567 g/mol. The van der Waals surface area contributed by atoms with E-state index in [2.05, 4.69) is 39.5 Å². The van der Waals surface area contributed by atoms with E-state index in [1.165, 1.54) is 25.0 Å². The minimum Gasteiger partial charge on any atom is -0.492 e. The Morgan fingerprint density at radius 2 is 1.93 bits per heavy atom. The summed E-state index contributed by atoms with van der Waals surface area (Å²) in [4.78, 5) is 25.9. The third kappa shape index (κ3) is 5.63. The first-order chi connectivity index (χ1) is 20.2. The molecule has 1 N–H and O–H groups in total. The normalized spacial score (nSPS) is 18.8. The Bertz CT molecular complexity index is 1510. The number of carbonyl (C=O) groups excluding carboxylic acids is 1. The number of nitrogens with one attached hydrogen (secondary N) is 1. The Morgan fingerprint density at radius 3 is 2.78 bits per heavy atom. The third-order valence-electron chi connectivity index (χ3n) is 8.36. The number of benzene rings is 2. The van der Waals surface area contributed by atoms with Crippen LogP contribution in [0.4, 0.5) is 5.69 Å². The number of carbonyl (C=O) groups is 1. The zero-order chi connectivity index (χ0) is 27.6. The molecule has 7 nitrogen and oxygen atoms in total. The highest BCUT2D eigenvalue weighted by atomic mass is 32.2. The van der Waals surface area contributed by atoms with Crippen molar-refractivity contribution in [2.75, 3.05) is 30.4 Å². The molecule has 3 aromatic rings. The van der Waals surface area contributed by atoms with Gasteiger partial charge in [-0.3, -0.25) is 9.78 Å². The molecule has 2 aromatic carbocycles. The van der Waals surface area contributed by atoms with E-state index in [9.17, 15) is 4.79 Å². The molecule has 210 valence electrons. The first-order valence-corrected chi connectivity index (χ1v) is 15.6. The summed E-state index contributed by atoms with van der Waals surface area (Å²) in [6.45, 7) is 3.18. The van der Waals surface area contributed by atoms with E-state index in [1.54, 1.807) is 11.8 Å². The number of amides is 1. The first kappa shape index (κ1) is 26.3. The van der Waals surface area contributed by atoms with Crippen LogP contribution in [0.15, 0.2) is 82.3 Å². The van der Waals surface area contributed by atoms with E-state index >= 15 is 0 Å². The minimum absolute atomic E-state index is 0.0971. The highest BCUT2D eigenvalue weighted by Crippen LogP contribution is 2.37. The lowest BCUT2D eigenvalue weighted by Crippen LogP contribution is -2.35. The summed E-state index contributed by atoms with van der Waals surface area (Å²) in [7, 11) is 0. The Labute approximate surface area is 245 Å².